The maximum absolute atomic E-state index is 10.8. The Bertz CT molecular complexity index is 808. The summed E-state index contributed by atoms with van der Waals surface area (Å²) in [4.78, 5) is 4.14. The smallest absolute Gasteiger partial charge is 0.105 e. The average Bonchev–Trinajstić information content (AvgIpc) is 3.01. The summed E-state index contributed by atoms with van der Waals surface area (Å²) in [7, 11) is 0. The predicted octanol–water partition coefficient (Wildman–Crippen LogP) is 3.35. The van der Waals surface area contributed by atoms with Crippen LogP contribution in [0.4, 0.5) is 0 Å². The van der Waals surface area contributed by atoms with Crippen LogP contribution in [0, 0.1) is 0 Å². The lowest BCUT2D eigenvalue weighted by molar-refractivity contribution is 0.134. The van der Waals surface area contributed by atoms with Gasteiger partial charge in [0.25, 0.3) is 0 Å². The van der Waals surface area contributed by atoms with Gasteiger partial charge < -0.3 is 9.84 Å². The molecule has 0 saturated heterocycles. The number of rotatable bonds is 2. The molecule has 1 unspecified atom stereocenters. The molecule has 0 bridgehead atoms. The molecule has 104 valence electrons. The first-order valence-electron chi connectivity index (χ1n) is 7.03. The maximum atomic E-state index is 10.8. The Hall–Kier alpha value is -2.23. The summed E-state index contributed by atoms with van der Waals surface area (Å²) < 4.78 is 5.44. The summed E-state index contributed by atoms with van der Waals surface area (Å²) in [6.45, 7) is 1.31. The van der Waals surface area contributed by atoms with E-state index in [9.17, 15) is 5.11 Å². The predicted molar refractivity (Wildman–Crippen MR) is 80.7 cm³/mol. The molecule has 0 spiro atoms. The zero-order valence-corrected chi connectivity index (χ0v) is 11.5. The van der Waals surface area contributed by atoms with Crippen molar-refractivity contribution in [1.82, 2.24) is 4.98 Å². The number of aromatic nitrogens is 1. The molecule has 21 heavy (non-hydrogen) atoms. The van der Waals surface area contributed by atoms with Gasteiger partial charge in [-0.25, -0.2) is 0 Å². The van der Waals surface area contributed by atoms with E-state index in [4.69, 9.17) is 4.74 Å². The van der Waals surface area contributed by atoms with Gasteiger partial charge >= 0.3 is 0 Å². The highest BCUT2D eigenvalue weighted by molar-refractivity contribution is 5.85. The topological polar surface area (TPSA) is 42.4 Å². The van der Waals surface area contributed by atoms with Crippen molar-refractivity contribution in [2.45, 2.75) is 19.3 Å². The van der Waals surface area contributed by atoms with E-state index in [1.54, 1.807) is 6.20 Å². The van der Waals surface area contributed by atoms with Gasteiger partial charge in [0.1, 0.15) is 6.10 Å². The molecular formula is C18H15NO2. The Morgan fingerprint density at radius 1 is 1.05 bits per heavy atom. The lowest BCUT2D eigenvalue weighted by atomic mass is 9.95. The van der Waals surface area contributed by atoms with Gasteiger partial charge in [-0.05, 0) is 33.7 Å². The van der Waals surface area contributed by atoms with Crippen molar-refractivity contribution in [2.75, 3.05) is 0 Å². The summed E-state index contributed by atoms with van der Waals surface area (Å²) in [5.41, 5.74) is 4.21. The van der Waals surface area contributed by atoms with E-state index in [0.29, 0.717) is 13.2 Å². The van der Waals surface area contributed by atoms with Crippen molar-refractivity contribution in [3.8, 4) is 0 Å². The minimum Gasteiger partial charge on any atom is -0.384 e. The van der Waals surface area contributed by atoms with Crippen LogP contribution in [0.15, 0.2) is 54.9 Å². The van der Waals surface area contributed by atoms with Crippen molar-refractivity contribution in [3.63, 3.8) is 0 Å². The highest BCUT2D eigenvalue weighted by Gasteiger charge is 2.17. The summed E-state index contributed by atoms with van der Waals surface area (Å²) in [5, 5.41) is 12.8. The third-order valence-electron chi connectivity index (χ3n) is 4.07. The van der Waals surface area contributed by atoms with Gasteiger partial charge in [-0.15, -0.1) is 0 Å². The fourth-order valence-electron chi connectivity index (χ4n) is 2.93. The van der Waals surface area contributed by atoms with Crippen molar-refractivity contribution >= 4 is 10.8 Å². The number of fused-ring (bicyclic) bond motifs is 2. The second-order valence-corrected chi connectivity index (χ2v) is 5.37. The first-order valence-corrected chi connectivity index (χ1v) is 7.03. The van der Waals surface area contributed by atoms with Gasteiger partial charge in [0, 0.05) is 17.8 Å². The van der Waals surface area contributed by atoms with Gasteiger partial charge in [0.05, 0.1) is 13.2 Å². The van der Waals surface area contributed by atoms with Gasteiger partial charge in [-0.1, -0.05) is 36.4 Å². The minimum atomic E-state index is -0.637. The van der Waals surface area contributed by atoms with Gasteiger partial charge in [0.15, 0.2) is 0 Å². The minimum absolute atomic E-state index is 0.634. The molecule has 2 heterocycles. The number of hydrogen-bond donors (Lipinski definition) is 1. The molecule has 1 aliphatic heterocycles. The number of pyridine rings is 1. The van der Waals surface area contributed by atoms with E-state index < -0.39 is 6.10 Å². The number of benzene rings is 2. The summed E-state index contributed by atoms with van der Waals surface area (Å²) in [5.74, 6) is 0. The number of aliphatic hydroxyl groups excluding tert-OH is 1. The molecule has 0 fully saturated rings. The van der Waals surface area contributed by atoms with Crippen LogP contribution in [0.5, 0.6) is 0 Å². The largest absolute Gasteiger partial charge is 0.384 e. The van der Waals surface area contributed by atoms with Crippen LogP contribution < -0.4 is 0 Å². The molecule has 3 nitrogen and oxygen atoms in total. The molecular weight excluding hydrogens is 262 g/mol. The van der Waals surface area contributed by atoms with Crippen molar-refractivity contribution in [2.24, 2.45) is 0 Å². The maximum Gasteiger partial charge on any atom is 0.105 e. The molecule has 3 heteroatoms. The number of aliphatic hydroxyl groups is 1. The second-order valence-electron chi connectivity index (χ2n) is 5.37. The average molecular weight is 277 g/mol. The molecule has 1 aliphatic rings. The highest BCUT2D eigenvalue weighted by atomic mass is 16.5. The Morgan fingerprint density at radius 2 is 1.95 bits per heavy atom. The normalized spacial score (nSPS) is 15.1. The number of hydrogen-bond acceptors (Lipinski definition) is 3. The quantitative estimate of drug-likeness (QED) is 0.781. The molecule has 1 atom stereocenters. The van der Waals surface area contributed by atoms with Crippen LogP contribution in [0.2, 0.25) is 0 Å². The van der Waals surface area contributed by atoms with E-state index in [2.05, 4.69) is 4.98 Å². The zero-order valence-electron chi connectivity index (χ0n) is 11.5. The molecule has 1 aromatic heterocycles. The van der Waals surface area contributed by atoms with Crippen LogP contribution in [-0.4, -0.2) is 10.1 Å². The zero-order chi connectivity index (χ0) is 14.2. The van der Waals surface area contributed by atoms with Crippen LogP contribution in [0.1, 0.15) is 28.4 Å². The van der Waals surface area contributed by atoms with E-state index >= 15 is 0 Å². The number of ether oxygens (including phenoxy) is 1. The molecule has 4 rings (SSSR count). The molecule has 0 radical (unpaired) electrons. The van der Waals surface area contributed by atoms with Crippen LogP contribution in [-0.2, 0) is 18.0 Å². The van der Waals surface area contributed by atoms with E-state index in [1.165, 1.54) is 11.1 Å². The Kier molecular flexibility index (Phi) is 2.95. The third-order valence-corrected chi connectivity index (χ3v) is 4.07. The first kappa shape index (κ1) is 12.5. The van der Waals surface area contributed by atoms with Crippen LogP contribution >= 0.6 is 0 Å². The van der Waals surface area contributed by atoms with E-state index in [1.807, 2.05) is 48.7 Å². The van der Waals surface area contributed by atoms with Crippen LogP contribution in [0.25, 0.3) is 10.8 Å². The molecule has 0 amide bonds. The van der Waals surface area contributed by atoms with Gasteiger partial charge in [-0.3, -0.25) is 4.98 Å². The first-order chi connectivity index (χ1) is 10.3. The van der Waals surface area contributed by atoms with E-state index in [-0.39, 0.29) is 0 Å². The molecule has 1 N–H and O–H groups in total. The Labute approximate surface area is 122 Å². The van der Waals surface area contributed by atoms with Crippen LogP contribution in [0.3, 0.4) is 0 Å². The Balaban J connectivity index is 1.81. The summed E-state index contributed by atoms with van der Waals surface area (Å²) >= 11 is 0. The summed E-state index contributed by atoms with van der Waals surface area (Å²) in [6.07, 6.45) is 2.94. The third kappa shape index (κ3) is 2.11. The van der Waals surface area contributed by atoms with Gasteiger partial charge in [0.2, 0.25) is 0 Å². The lowest BCUT2D eigenvalue weighted by Gasteiger charge is -2.15. The standard InChI is InChI=1S/C18H15NO2/c20-18(12-4-5-14-10-21-11-15(14)8-12)17-3-1-2-13-9-19-7-6-16(13)17/h1-9,18,20H,10-11H2. The second kappa shape index (κ2) is 4.95. The van der Waals surface area contributed by atoms with Crippen molar-refractivity contribution in [3.05, 3.63) is 77.1 Å². The van der Waals surface area contributed by atoms with Gasteiger partial charge in [-0.2, -0.15) is 0 Å². The monoisotopic (exact) mass is 277 g/mol. The molecule has 0 aliphatic carbocycles. The Morgan fingerprint density at radius 3 is 2.90 bits per heavy atom. The highest BCUT2D eigenvalue weighted by Crippen LogP contribution is 2.31. The SMILES string of the molecule is OC(c1ccc2c(c1)COC2)c1cccc2cnccc12. The molecule has 2 aromatic carbocycles. The number of nitrogens with zero attached hydrogens (tertiary/aromatic N) is 1. The molecule has 0 saturated carbocycles. The molecule has 3 aromatic rings. The fraction of sp³-hybridized carbons (Fsp3) is 0.167. The van der Waals surface area contributed by atoms with Crippen molar-refractivity contribution < 1.29 is 9.84 Å². The van der Waals surface area contributed by atoms with Crippen molar-refractivity contribution in [1.29, 1.82) is 0 Å². The lowest BCUT2D eigenvalue weighted by Crippen LogP contribution is -2.01. The van der Waals surface area contributed by atoms with E-state index in [0.717, 1.165) is 21.9 Å². The fourth-order valence-corrected chi connectivity index (χ4v) is 2.93. The summed E-state index contributed by atoms with van der Waals surface area (Å²) in [6, 6.07) is 14.0.